The molecule has 3 aromatic rings. The van der Waals surface area contributed by atoms with Crippen LogP contribution < -0.4 is 5.32 Å². The van der Waals surface area contributed by atoms with Gasteiger partial charge in [-0.2, -0.15) is 0 Å². The van der Waals surface area contributed by atoms with Crippen molar-refractivity contribution in [3.05, 3.63) is 48.9 Å². The maximum Gasteiger partial charge on any atom is 0.207 e. The van der Waals surface area contributed by atoms with Crippen molar-refractivity contribution in [3.8, 4) is 0 Å². The second-order valence-corrected chi connectivity index (χ2v) is 5.64. The molecule has 2 aromatic heterocycles. The summed E-state index contributed by atoms with van der Waals surface area (Å²) in [7, 11) is 0. The van der Waals surface area contributed by atoms with Crippen LogP contribution in [0.3, 0.4) is 0 Å². The van der Waals surface area contributed by atoms with Gasteiger partial charge in [-0.15, -0.1) is 0 Å². The highest BCUT2D eigenvalue weighted by Gasteiger charge is 2.19. The number of hydrogen-bond donors (Lipinski definition) is 1. The number of nitrogens with zero attached hydrogens (tertiary/aromatic N) is 3. The van der Waals surface area contributed by atoms with E-state index >= 15 is 0 Å². The third-order valence-electron chi connectivity index (χ3n) is 4.23. The monoisotopic (exact) mass is 278 g/mol. The Kier molecular flexibility index (Phi) is 3.07. The Morgan fingerprint density at radius 1 is 1.10 bits per heavy atom. The van der Waals surface area contributed by atoms with Crippen LogP contribution in [0.1, 0.15) is 31.7 Å². The standard InChI is InChI=1S/C17H18N4/c1-4-8-16-13(5-1)11-14(12-19-16)20-17-18-9-10-21(17)15-6-2-3-7-15/h1,4-5,8-12,15H,2-3,6-7H2,(H,18,20). The molecule has 21 heavy (non-hydrogen) atoms. The van der Waals surface area contributed by atoms with Crippen LogP contribution >= 0.6 is 0 Å². The first-order valence-corrected chi connectivity index (χ1v) is 7.55. The number of benzene rings is 1. The van der Waals surface area contributed by atoms with Crippen LogP contribution in [0, 0.1) is 0 Å². The molecule has 0 spiro atoms. The number of rotatable bonds is 3. The third-order valence-corrected chi connectivity index (χ3v) is 4.23. The molecule has 1 saturated carbocycles. The van der Waals surface area contributed by atoms with Gasteiger partial charge in [0.25, 0.3) is 0 Å². The fraction of sp³-hybridized carbons (Fsp3) is 0.294. The molecule has 1 aromatic carbocycles. The van der Waals surface area contributed by atoms with E-state index in [4.69, 9.17) is 0 Å². The first-order chi connectivity index (χ1) is 10.4. The number of anilines is 2. The summed E-state index contributed by atoms with van der Waals surface area (Å²) in [5, 5.41) is 4.55. The molecule has 106 valence electrons. The van der Waals surface area contributed by atoms with Crippen LogP contribution in [0.5, 0.6) is 0 Å². The lowest BCUT2D eigenvalue weighted by Crippen LogP contribution is -2.08. The van der Waals surface area contributed by atoms with E-state index in [-0.39, 0.29) is 0 Å². The Balaban J connectivity index is 1.64. The maximum absolute atomic E-state index is 4.49. The van der Waals surface area contributed by atoms with E-state index in [9.17, 15) is 0 Å². The van der Waals surface area contributed by atoms with Crippen molar-refractivity contribution in [3.63, 3.8) is 0 Å². The van der Waals surface area contributed by atoms with Crippen molar-refractivity contribution in [2.45, 2.75) is 31.7 Å². The molecule has 4 rings (SSSR count). The molecule has 1 aliphatic carbocycles. The van der Waals surface area contributed by atoms with Crippen molar-refractivity contribution in [1.82, 2.24) is 14.5 Å². The van der Waals surface area contributed by atoms with E-state index < -0.39 is 0 Å². The molecule has 0 radical (unpaired) electrons. The Bertz CT molecular complexity index is 756. The second-order valence-electron chi connectivity index (χ2n) is 5.64. The minimum atomic E-state index is 0.586. The van der Waals surface area contributed by atoms with E-state index in [1.807, 2.05) is 30.6 Å². The molecule has 0 saturated heterocycles. The lowest BCUT2D eigenvalue weighted by molar-refractivity contribution is 0.525. The van der Waals surface area contributed by atoms with Crippen LogP contribution in [0.25, 0.3) is 10.9 Å². The summed E-state index contributed by atoms with van der Waals surface area (Å²) in [6.45, 7) is 0. The number of pyridine rings is 1. The Morgan fingerprint density at radius 2 is 1.95 bits per heavy atom. The minimum Gasteiger partial charge on any atom is -0.324 e. The van der Waals surface area contributed by atoms with Crippen molar-refractivity contribution in [2.24, 2.45) is 0 Å². The van der Waals surface area contributed by atoms with Gasteiger partial charge in [-0.3, -0.25) is 4.98 Å². The van der Waals surface area contributed by atoms with E-state index in [0.29, 0.717) is 6.04 Å². The van der Waals surface area contributed by atoms with Crippen LogP contribution in [-0.2, 0) is 0 Å². The topological polar surface area (TPSA) is 42.7 Å². The number of imidazole rings is 1. The van der Waals surface area contributed by atoms with Gasteiger partial charge in [0.05, 0.1) is 17.4 Å². The summed E-state index contributed by atoms with van der Waals surface area (Å²) in [4.78, 5) is 8.95. The lowest BCUT2D eigenvalue weighted by Gasteiger charge is -2.15. The van der Waals surface area contributed by atoms with Crippen molar-refractivity contribution < 1.29 is 0 Å². The van der Waals surface area contributed by atoms with Gasteiger partial charge in [-0.05, 0) is 25.0 Å². The molecule has 1 aliphatic rings. The van der Waals surface area contributed by atoms with Crippen LogP contribution in [0.4, 0.5) is 11.6 Å². The molecular weight excluding hydrogens is 260 g/mol. The van der Waals surface area contributed by atoms with Crippen molar-refractivity contribution >= 4 is 22.5 Å². The first-order valence-electron chi connectivity index (χ1n) is 7.55. The minimum absolute atomic E-state index is 0.586. The fourth-order valence-corrected chi connectivity index (χ4v) is 3.16. The summed E-state index contributed by atoms with van der Waals surface area (Å²) in [6.07, 6.45) is 11.0. The summed E-state index contributed by atoms with van der Waals surface area (Å²) in [5.74, 6) is 0.916. The predicted octanol–water partition coefficient (Wildman–Crippen LogP) is 4.29. The zero-order chi connectivity index (χ0) is 14.1. The number of hydrogen-bond acceptors (Lipinski definition) is 3. The number of para-hydroxylation sites is 1. The summed E-state index contributed by atoms with van der Waals surface area (Å²) < 4.78 is 2.27. The Morgan fingerprint density at radius 3 is 2.86 bits per heavy atom. The van der Waals surface area contributed by atoms with E-state index in [1.165, 1.54) is 25.7 Å². The molecule has 0 unspecified atom stereocenters. The Labute approximate surface area is 123 Å². The highest BCUT2D eigenvalue weighted by molar-refractivity contribution is 5.82. The number of nitrogens with one attached hydrogen (secondary N) is 1. The van der Waals surface area contributed by atoms with Gasteiger partial charge in [0.2, 0.25) is 5.95 Å². The lowest BCUT2D eigenvalue weighted by atomic mass is 10.2. The number of fused-ring (bicyclic) bond motifs is 1. The van der Waals surface area contributed by atoms with Crippen molar-refractivity contribution in [2.75, 3.05) is 5.32 Å². The first kappa shape index (κ1) is 12.4. The molecule has 0 atom stereocenters. The summed E-state index contributed by atoms with van der Waals surface area (Å²) >= 11 is 0. The molecule has 0 bridgehead atoms. The molecule has 0 amide bonds. The van der Waals surface area contributed by atoms with Gasteiger partial charge in [0.15, 0.2) is 0 Å². The molecule has 1 fully saturated rings. The molecule has 1 N–H and O–H groups in total. The van der Waals surface area contributed by atoms with E-state index in [0.717, 1.165) is 22.5 Å². The molecular formula is C17H18N4. The summed E-state index contributed by atoms with van der Waals surface area (Å²) in [5.41, 5.74) is 2.00. The van der Waals surface area contributed by atoms with Gasteiger partial charge < -0.3 is 9.88 Å². The second kappa shape index (κ2) is 5.20. The maximum atomic E-state index is 4.49. The summed E-state index contributed by atoms with van der Waals surface area (Å²) in [6, 6.07) is 10.9. The molecule has 4 heteroatoms. The average Bonchev–Trinajstić information content (AvgIpc) is 3.18. The predicted molar refractivity (Wildman–Crippen MR) is 84.8 cm³/mol. The highest BCUT2D eigenvalue weighted by atomic mass is 15.2. The van der Waals surface area contributed by atoms with Crippen LogP contribution in [0.2, 0.25) is 0 Å². The van der Waals surface area contributed by atoms with Crippen molar-refractivity contribution in [1.29, 1.82) is 0 Å². The normalized spacial score (nSPS) is 15.6. The number of aromatic nitrogens is 3. The smallest absolute Gasteiger partial charge is 0.207 e. The van der Waals surface area contributed by atoms with Gasteiger partial charge in [0, 0.05) is 23.8 Å². The molecule has 0 aliphatic heterocycles. The van der Waals surface area contributed by atoms with Crippen LogP contribution in [-0.4, -0.2) is 14.5 Å². The largest absolute Gasteiger partial charge is 0.324 e. The van der Waals surface area contributed by atoms with Gasteiger partial charge >= 0.3 is 0 Å². The zero-order valence-corrected chi connectivity index (χ0v) is 11.9. The van der Waals surface area contributed by atoms with E-state index in [2.05, 4.69) is 38.2 Å². The van der Waals surface area contributed by atoms with E-state index in [1.54, 1.807) is 0 Å². The molecule has 4 nitrogen and oxygen atoms in total. The quantitative estimate of drug-likeness (QED) is 0.777. The molecule has 2 heterocycles. The average molecular weight is 278 g/mol. The van der Waals surface area contributed by atoms with Crippen LogP contribution in [0.15, 0.2) is 48.9 Å². The third kappa shape index (κ3) is 2.37. The van der Waals surface area contributed by atoms with Gasteiger partial charge in [-0.25, -0.2) is 4.98 Å². The highest BCUT2D eigenvalue weighted by Crippen LogP contribution is 2.32. The zero-order valence-electron chi connectivity index (χ0n) is 11.9. The SMILES string of the molecule is c1ccc2ncc(Nc3nccn3C3CCCC3)cc2c1. The Hall–Kier alpha value is -2.36. The van der Waals surface area contributed by atoms with Gasteiger partial charge in [0.1, 0.15) is 0 Å². The van der Waals surface area contributed by atoms with Gasteiger partial charge in [-0.1, -0.05) is 31.0 Å². The fourth-order valence-electron chi connectivity index (χ4n) is 3.16.